The van der Waals surface area contributed by atoms with Gasteiger partial charge in [0.2, 0.25) is 0 Å². The van der Waals surface area contributed by atoms with Gasteiger partial charge in [-0.15, -0.1) is 0 Å². The first-order valence-electron chi connectivity index (χ1n) is 9.87. The SMILES string of the molecule is CN(C(=O)Oc1ccc(CCSc2nccn2-c2cccnc2)cc1)c1ccccc1. The molecular weight excluding hydrogens is 408 g/mol. The van der Waals surface area contributed by atoms with E-state index in [0.717, 1.165) is 28.7 Å². The molecule has 2 heterocycles. The van der Waals surface area contributed by atoms with E-state index in [1.54, 1.807) is 31.2 Å². The Hall–Kier alpha value is -3.58. The summed E-state index contributed by atoms with van der Waals surface area (Å²) >= 11 is 1.69. The maximum atomic E-state index is 12.3. The molecule has 0 aliphatic carbocycles. The van der Waals surface area contributed by atoms with E-state index in [9.17, 15) is 4.79 Å². The van der Waals surface area contributed by atoms with Crippen LogP contribution >= 0.6 is 11.8 Å². The monoisotopic (exact) mass is 430 g/mol. The highest BCUT2D eigenvalue weighted by molar-refractivity contribution is 7.99. The van der Waals surface area contributed by atoms with E-state index in [1.165, 1.54) is 10.5 Å². The van der Waals surface area contributed by atoms with Crippen molar-refractivity contribution in [3.8, 4) is 11.4 Å². The van der Waals surface area contributed by atoms with Crippen molar-refractivity contribution in [2.45, 2.75) is 11.6 Å². The molecule has 0 saturated heterocycles. The van der Waals surface area contributed by atoms with E-state index in [-0.39, 0.29) is 0 Å². The van der Waals surface area contributed by atoms with Gasteiger partial charge >= 0.3 is 6.09 Å². The Morgan fingerprint density at radius 3 is 2.58 bits per heavy atom. The molecule has 1 amide bonds. The normalized spacial score (nSPS) is 10.6. The quantitative estimate of drug-likeness (QED) is 0.375. The zero-order chi connectivity index (χ0) is 21.5. The second-order valence-corrected chi connectivity index (χ2v) is 7.86. The molecule has 4 aromatic rings. The minimum Gasteiger partial charge on any atom is -0.410 e. The molecule has 7 heteroatoms. The molecule has 2 aromatic carbocycles. The molecule has 0 fully saturated rings. The Morgan fingerprint density at radius 2 is 1.84 bits per heavy atom. The Balaban J connectivity index is 1.30. The number of thioether (sulfide) groups is 1. The highest BCUT2D eigenvalue weighted by Crippen LogP contribution is 2.22. The van der Waals surface area contributed by atoms with Gasteiger partial charge in [0, 0.05) is 37.1 Å². The summed E-state index contributed by atoms with van der Waals surface area (Å²) in [5.41, 5.74) is 2.95. The minimum absolute atomic E-state index is 0.420. The van der Waals surface area contributed by atoms with E-state index < -0.39 is 6.09 Å². The van der Waals surface area contributed by atoms with Crippen LogP contribution in [0.15, 0.2) is 96.7 Å². The standard InChI is InChI=1S/C24H22N4O2S/c1-27(20-6-3-2-4-7-20)24(29)30-22-11-9-19(10-12-22)13-17-31-23-26-15-16-28(23)21-8-5-14-25-18-21/h2-12,14-16,18H,13,17H2,1H3. The Bertz CT molecular complexity index is 1120. The Labute approximate surface area is 185 Å². The number of carbonyl (C=O) groups is 1. The van der Waals surface area contributed by atoms with Crippen LogP contribution in [0.2, 0.25) is 0 Å². The minimum atomic E-state index is -0.420. The average molecular weight is 431 g/mol. The fourth-order valence-corrected chi connectivity index (χ4v) is 3.96. The van der Waals surface area contributed by atoms with E-state index in [1.807, 2.05) is 83.7 Å². The number of carbonyl (C=O) groups excluding carboxylic acids is 1. The fourth-order valence-electron chi connectivity index (χ4n) is 3.00. The number of nitrogens with zero attached hydrogens (tertiary/aromatic N) is 4. The third-order valence-corrected chi connectivity index (χ3v) is 5.67. The third kappa shape index (κ3) is 5.32. The molecule has 0 aliphatic rings. The van der Waals surface area contributed by atoms with Crippen molar-refractivity contribution in [3.63, 3.8) is 0 Å². The summed E-state index contributed by atoms with van der Waals surface area (Å²) in [4.78, 5) is 22.4. The smallest absolute Gasteiger partial charge is 0.410 e. The van der Waals surface area contributed by atoms with Crippen molar-refractivity contribution in [2.24, 2.45) is 0 Å². The van der Waals surface area contributed by atoms with Crippen molar-refractivity contribution in [1.29, 1.82) is 0 Å². The largest absolute Gasteiger partial charge is 0.419 e. The number of pyridine rings is 1. The predicted octanol–water partition coefficient (Wildman–Crippen LogP) is 5.24. The van der Waals surface area contributed by atoms with Crippen LogP contribution in [0, 0.1) is 0 Å². The Morgan fingerprint density at radius 1 is 1.03 bits per heavy atom. The topological polar surface area (TPSA) is 60.3 Å². The highest BCUT2D eigenvalue weighted by atomic mass is 32.2. The zero-order valence-corrected chi connectivity index (χ0v) is 17.9. The van der Waals surface area contributed by atoms with Gasteiger partial charge in [0.15, 0.2) is 5.16 Å². The molecule has 0 spiro atoms. The molecule has 0 N–H and O–H groups in total. The summed E-state index contributed by atoms with van der Waals surface area (Å²) in [5.74, 6) is 1.41. The zero-order valence-electron chi connectivity index (χ0n) is 17.1. The van der Waals surface area contributed by atoms with Crippen molar-refractivity contribution >= 4 is 23.5 Å². The summed E-state index contributed by atoms with van der Waals surface area (Å²) in [7, 11) is 1.69. The number of rotatable bonds is 7. The van der Waals surface area contributed by atoms with E-state index in [4.69, 9.17) is 4.74 Å². The maximum absolute atomic E-state index is 12.3. The highest BCUT2D eigenvalue weighted by Gasteiger charge is 2.13. The second-order valence-electron chi connectivity index (χ2n) is 6.80. The first-order valence-corrected chi connectivity index (χ1v) is 10.9. The fraction of sp³-hybridized carbons (Fsp3) is 0.125. The lowest BCUT2D eigenvalue weighted by atomic mass is 10.2. The average Bonchev–Trinajstić information content (AvgIpc) is 3.29. The number of benzene rings is 2. The molecule has 0 aliphatic heterocycles. The van der Waals surface area contributed by atoms with Gasteiger partial charge in [-0.2, -0.15) is 0 Å². The van der Waals surface area contributed by atoms with Crippen LogP contribution in [0.3, 0.4) is 0 Å². The summed E-state index contributed by atoms with van der Waals surface area (Å²) in [5, 5.41) is 0.933. The molecule has 4 rings (SSSR count). The molecule has 156 valence electrons. The number of hydrogen-bond acceptors (Lipinski definition) is 5. The maximum Gasteiger partial charge on any atom is 0.419 e. The van der Waals surface area contributed by atoms with Gasteiger partial charge in [0.05, 0.1) is 11.9 Å². The molecule has 2 aromatic heterocycles. The number of aromatic nitrogens is 3. The predicted molar refractivity (Wildman–Crippen MR) is 123 cm³/mol. The van der Waals surface area contributed by atoms with Gasteiger partial charge in [-0.25, -0.2) is 9.78 Å². The Kier molecular flexibility index (Phi) is 6.64. The summed E-state index contributed by atoms with van der Waals surface area (Å²) < 4.78 is 7.51. The molecule has 0 radical (unpaired) electrons. The number of anilines is 1. The van der Waals surface area contributed by atoms with Gasteiger partial charge in [-0.05, 0) is 48.4 Å². The third-order valence-electron chi connectivity index (χ3n) is 4.70. The van der Waals surface area contributed by atoms with Crippen LogP contribution < -0.4 is 9.64 Å². The first kappa shape index (κ1) is 20.7. The van der Waals surface area contributed by atoms with Crippen LogP contribution in [0.1, 0.15) is 5.56 Å². The van der Waals surface area contributed by atoms with Crippen molar-refractivity contribution < 1.29 is 9.53 Å². The van der Waals surface area contributed by atoms with Gasteiger partial charge in [0.1, 0.15) is 5.75 Å². The van der Waals surface area contributed by atoms with Gasteiger partial charge in [-0.1, -0.05) is 42.1 Å². The van der Waals surface area contributed by atoms with E-state index in [0.29, 0.717) is 5.75 Å². The van der Waals surface area contributed by atoms with Crippen molar-refractivity contribution in [2.75, 3.05) is 17.7 Å². The number of imidazole rings is 1. The van der Waals surface area contributed by atoms with Gasteiger partial charge in [0.25, 0.3) is 0 Å². The first-order chi connectivity index (χ1) is 15.2. The van der Waals surface area contributed by atoms with Crippen LogP contribution in [0.4, 0.5) is 10.5 Å². The lowest BCUT2D eigenvalue weighted by Crippen LogP contribution is -2.29. The lowest BCUT2D eigenvalue weighted by molar-refractivity contribution is 0.209. The summed E-state index contributed by atoms with van der Waals surface area (Å²) in [6.45, 7) is 0. The van der Waals surface area contributed by atoms with Crippen LogP contribution in [-0.2, 0) is 6.42 Å². The molecule has 6 nitrogen and oxygen atoms in total. The van der Waals surface area contributed by atoms with E-state index in [2.05, 4.69) is 9.97 Å². The van der Waals surface area contributed by atoms with Gasteiger partial charge in [-0.3, -0.25) is 14.5 Å². The molecule has 0 unspecified atom stereocenters. The molecule has 31 heavy (non-hydrogen) atoms. The number of amides is 1. The number of aryl methyl sites for hydroxylation is 1. The van der Waals surface area contributed by atoms with Gasteiger partial charge < -0.3 is 4.74 Å². The van der Waals surface area contributed by atoms with Crippen LogP contribution in [0.5, 0.6) is 5.75 Å². The second kappa shape index (κ2) is 9.95. The molecule has 0 bridgehead atoms. The molecule has 0 saturated carbocycles. The molecule has 0 atom stereocenters. The van der Waals surface area contributed by atoms with Crippen LogP contribution in [0.25, 0.3) is 5.69 Å². The van der Waals surface area contributed by atoms with Crippen molar-refractivity contribution in [1.82, 2.24) is 14.5 Å². The summed E-state index contributed by atoms with van der Waals surface area (Å²) in [6, 6.07) is 20.9. The number of ether oxygens (including phenoxy) is 1. The lowest BCUT2D eigenvalue weighted by Gasteiger charge is -2.16. The van der Waals surface area contributed by atoms with Crippen molar-refractivity contribution in [3.05, 3.63) is 97.1 Å². The number of para-hydroxylation sites is 1. The molecular formula is C24H22N4O2S. The van der Waals surface area contributed by atoms with Crippen LogP contribution in [-0.4, -0.2) is 33.4 Å². The summed E-state index contributed by atoms with van der Waals surface area (Å²) in [6.07, 6.45) is 7.77. The van der Waals surface area contributed by atoms with E-state index >= 15 is 0 Å². The number of hydrogen-bond donors (Lipinski definition) is 0.